The van der Waals surface area contributed by atoms with Gasteiger partial charge in [-0.05, 0) is 25.5 Å². The van der Waals surface area contributed by atoms with Crippen LogP contribution in [0, 0.1) is 0 Å². The summed E-state index contributed by atoms with van der Waals surface area (Å²) in [7, 11) is 3.44. The Morgan fingerprint density at radius 2 is 2.00 bits per heavy atom. The Kier molecular flexibility index (Phi) is 8.62. The van der Waals surface area contributed by atoms with Crippen molar-refractivity contribution in [3.8, 4) is 0 Å². The maximum Gasteiger partial charge on any atom is 0.252 e. The molecule has 0 bridgehead atoms. The van der Waals surface area contributed by atoms with Gasteiger partial charge in [-0.25, -0.2) is 0 Å². The second kappa shape index (κ2) is 10.2. The van der Waals surface area contributed by atoms with Crippen molar-refractivity contribution in [2.75, 3.05) is 39.6 Å². The summed E-state index contributed by atoms with van der Waals surface area (Å²) >= 11 is 1.38. The van der Waals surface area contributed by atoms with E-state index >= 15 is 0 Å². The molecule has 1 N–H and O–H groups in total. The van der Waals surface area contributed by atoms with Crippen LogP contribution in [-0.2, 0) is 9.53 Å². The number of carbonyl (C=O) groups excluding carboxylic acids is 2. The first-order valence-electron chi connectivity index (χ1n) is 7.34. The lowest BCUT2D eigenvalue weighted by Crippen LogP contribution is -2.26. The third-order valence-corrected chi connectivity index (χ3v) is 4.00. The average Bonchev–Trinajstić information content (AvgIpc) is 2.52. The fourth-order valence-electron chi connectivity index (χ4n) is 1.66. The van der Waals surface area contributed by atoms with E-state index in [1.54, 1.807) is 25.1 Å². The highest BCUT2D eigenvalue weighted by atomic mass is 32.2. The highest BCUT2D eigenvalue weighted by Gasteiger charge is 2.12. The standard InChI is InChI=1S/C16H24N2O3S/c1-4-21-11-7-10-17-16(20)13-8-5-6-9-14(13)22-12-15(19)18(2)3/h5-6,8-9H,4,7,10-12H2,1-3H3,(H,17,20). The van der Waals surface area contributed by atoms with Crippen LogP contribution in [0.15, 0.2) is 29.2 Å². The lowest BCUT2D eigenvalue weighted by atomic mass is 10.2. The molecule has 1 rings (SSSR count). The van der Waals surface area contributed by atoms with Gasteiger partial charge in [-0.2, -0.15) is 0 Å². The average molecular weight is 324 g/mol. The number of ether oxygens (including phenoxy) is 1. The van der Waals surface area contributed by atoms with Crippen LogP contribution >= 0.6 is 11.8 Å². The van der Waals surface area contributed by atoms with E-state index in [4.69, 9.17) is 4.74 Å². The van der Waals surface area contributed by atoms with Crippen LogP contribution in [0.5, 0.6) is 0 Å². The monoisotopic (exact) mass is 324 g/mol. The number of rotatable bonds is 9. The van der Waals surface area contributed by atoms with Gasteiger partial charge < -0.3 is 15.0 Å². The van der Waals surface area contributed by atoms with Gasteiger partial charge in [0.2, 0.25) is 5.91 Å². The highest BCUT2D eigenvalue weighted by Crippen LogP contribution is 2.22. The molecule has 5 nitrogen and oxygen atoms in total. The smallest absolute Gasteiger partial charge is 0.252 e. The van der Waals surface area contributed by atoms with Gasteiger partial charge in [-0.1, -0.05) is 12.1 Å². The summed E-state index contributed by atoms with van der Waals surface area (Å²) in [6, 6.07) is 7.34. The van der Waals surface area contributed by atoms with Crippen LogP contribution in [0.25, 0.3) is 0 Å². The molecular formula is C16H24N2O3S. The zero-order chi connectivity index (χ0) is 16.4. The molecular weight excluding hydrogens is 300 g/mol. The fourth-order valence-corrected chi connectivity index (χ4v) is 2.69. The van der Waals surface area contributed by atoms with Crippen LogP contribution in [0.2, 0.25) is 0 Å². The molecule has 0 saturated carbocycles. The number of nitrogens with one attached hydrogen (secondary N) is 1. The molecule has 0 aromatic heterocycles. The third-order valence-electron chi connectivity index (χ3n) is 2.94. The van der Waals surface area contributed by atoms with Gasteiger partial charge >= 0.3 is 0 Å². The second-order valence-electron chi connectivity index (χ2n) is 4.88. The topological polar surface area (TPSA) is 58.6 Å². The van der Waals surface area contributed by atoms with E-state index in [-0.39, 0.29) is 11.8 Å². The summed E-state index contributed by atoms with van der Waals surface area (Å²) < 4.78 is 5.23. The first-order valence-corrected chi connectivity index (χ1v) is 8.32. The predicted octanol–water partition coefficient (Wildman–Crippen LogP) is 2.02. The van der Waals surface area contributed by atoms with Gasteiger partial charge in [0.15, 0.2) is 0 Å². The van der Waals surface area contributed by atoms with Crippen LogP contribution in [0.4, 0.5) is 0 Å². The van der Waals surface area contributed by atoms with Gasteiger partial charge in [0.1, 0.15) is 0 Å². The van der Waals surface area contributed by atoms with Crippen molar-refractivity contribution in [3.05, 3.63) is 29.8 Å². The van der Waals surface area contributed by atoms with E-state index in [1.807, 2.05) is 25.1 Å². The molecule has 2 amide bonds. The zero-order valence-corrected chi connectivity index (χ0v) is 14.2. The summed E-state index contributed by atoms with van der Waals surface area (Å²) in [5.74, 6) is 0.232. The number of amides is 2. The quantitative estimate of drug-likeness (QED) is 0.558. The van der Waals surface area contributed by atoms with Crippen molar-refractivity contribution in [3.63, 3.8) is 0 Å². The van der Waals surface area contributed by atoms with Gasteiger partial charge in [0, 0.05) is 38.7 Å². The number of benzene rings is 1. The minimum Gasteiger partial charge on any atom is -0.382 e. The van der Waals surface area contributed by atoms with Gasteiger partial charge in [-0.3, -0.25) is 9.59 Å². The molecule has 0 atom stereocenters. The van der Waals surface area contributed by atoms with Gasteiger partial charge in [-0.15, -0.1) is 11.8 Å². The Labute approximate surface area is 136 Å². The summed E-state index contributed by atoms with van der Waals surface area (Å²) in [6.45, 7) is 3.85. The third kappa shape index (κ3) is 6.49. The number of carbonyl (C=O) groups is 2. The normalized spacial score (nSPS) is 10.3. The lowest BCUT2D eigenvalue weighted by Gasteiger charge is -2.12. The number of hydrogen-bond acceptors (Lipinski definition) is 4. The fraction of sp³-hybridized carbons (Fsp3) is 0.500. The van der Waals surface area contributed by atoms with Crippen LogP contribution in [0.3, 0.4) is 0 Å². The Morgan fingerprint density at radius 1 is 1.27 bits per heavy atom. The molecule has 0 spiro atoms. The summed E-state index contributed by atoms with van der Waals surface area (Å²) in [5, 5.41) is 2.88. The van der Waals surface area contributed by atoms with Gasteiger partial charge in [0.05, 0.1) is 11.3 Å². The molecule has 0 aliphatic heterocycles. The molecule has 0 radical (unpaired) electrons. The SMILES string of the molecule is CCOCCCNC(=O)c1ccccc1SCC(=O)N(C)C. The first kappa shape index (κ1) is 18.5. The van der Waals surface area contributed by atoms with Gasteiger partial charge in [0.25, 0.3) is 5.91 Å². The van der Waals surface area contributed by atoms with Crippen LogP contribution in [-0.4, -0.2) is 56.3 Å². The zero-order valence-electron chi connectivity index (χ0n) is 13.4. The van der Waals surface area contributed by atoms with E-state index in [9.17, 15) is 9.59 Å². The van der Waals surface area contributed by atoms with Crippen LogP contribution < -0.4 is 5.32 Å². The molecule has 0 fully saturated rings. The minimum absolute atomic E-state index is 0.0249. The molecule has 22 heavy (non-hydrogen) atoms. The molecule has 0 saturated heterocycles. The van der Waals surface area contributed by atoms with E-state index in [0.29, 0.717) is 31.1 Å². The predicted molar refractivity (Wildman–Crippen MR) is 89.3 cm³/mol. The minimum atomic E-state index is -0.114. The van der Waals surface area contributed by atoms with Crippen molar-refractivity contribution in [2.24, 2.45) is 0 Å². The molecule has 0 aliphatic rings. The Hall–Kier alpha value is -1.53. The van der Waals surface area contributed by atoms with Crippen molar-refractivity contribution in [1.29, 1.82) is 0 Å². The Bertz CT molecular complexity index is 492. The molecule has 1 aromatic rings. The van der Waals surface area contributed by atoms with Crippen molar-refractivity contribution in [1.82, 2.24) is 10.2 Å². The molecule has 0 unspecified atom stereocenters. The molecule has 1 aromatic carbocycles. The van der Waals surface area contributed by atoms with Crippen molar-refractivity contribution >= 4 is 23.6 Å². The van der Waals surface area contributed by atoms with E-state index in [2.05, 4.69) is 5.32 Å². The molecule has 6 heteroatoms. The van der Waals surface area contributed by atoms with E-state index in [0.717, 1.165) is 11.3 Å². The number of hydrogen-bond donors (Lipinski definition) is 1. The van der Waals surface area contributed by atoms with Crippen LogP contribution in [0.1, 0.15) is 23.7 Å². The molecule has 122 valence electrons. The lowest BCUT2D eigenvalue weighted by molar-refractivity contribution is -0.125. The maximum atomic E-state index is 12.2. The molecule has 0 aliphatic carbocycles. The number of nitrogens with zero attached hydrogens (tertiary/aromatic N) is 1. The maximum absolute atomic E-state index is 12.2. The summed E-state index contributed by atoms with van der Waals surface area (Å²) in [4.78, 5) is 26.2. The summed E-state index contributed by atoms with van der Waals surface area (Å²) in [5.41, 5.74) is 0.607. The van der Waals surface area contributed by atoms with Crippen molar-refractivity contribution < 1.29 is 14.3 Å². The van der Waals surface area contributed by atoms with E-state index in [1.165, 1.54) is 11.8 Å². The number of thioether (sulfide) groups is 1. The van der Waals surface area contributed by atoms with E-state index < -0.39 is 0 Å². The van der Waals surface area contributed by atoms with Crippen molar-refractivity contribution in [2.45, 2.75) is 18.2 Å². The Morgan fingerprint density at radius 3 is 2.68 bits per heavy atom. The second-order valence-corrected chi connectivity index (χ2v) is 5.90. The highest BCUT2D eigenvalue weighted by molar-refractivity contribution is 8.00. The Balaban J connectivity index is 2.55. The first-order chi connectivity index (χ1) is 10.6. The summed E-state index contributed by atoms with van der Waals surface area (Å²) in [6.07, 6.45) is 0.786. The largest absolute Gasteiger partial charge is 0.382 e. The molecule has 0 heterocycles.